The Morgan fingerprint density at radius 3 is 2.45 bits per heavy atom. The Labute approximate surface area is 136 Å². The van der Waals surface area contributed by atoms with Gasteiger partial charge in [0.25, 0.3) is 5.91 Å². The molecule has 2 nitrogen and oxygen atoms in total. The lowest BCUT2D eigenvalue weighted by atomic mass is 10.1. The Morgan fingerprint density at radius 1 is 1.10 bits per heavy atom. The van der Waals surface area contributed by atoms with E-state index in [1.54, 1.807) is 18.2 Å². The van der Waals surface area contributed by atoms with E-state index in [4.69, 9.17) is 23.2 Å². The van der Waals surface area contributed by atoms with Gasteiger partial charge in [0.1, 0.15) is 0 Å². The van der Waals surface area contributed by atoms with Crippen molar-refractivity contribution in [1.29, 1.82) is 0 Å². The highest BCUT2D eigenvalue weighted by molar-refractivity contribution is 9.10. The molecule has 0 saturated carbocycles. The van der Waals surface area contributed by atoms with Gasteiger partial charge in [0.15, 0.2) is 0 Å². The molecule has 0 unspecified atom stereocenters. The van der Waals surface area contributed by atoms with E-state index in [1.165, 1.54) is 0 Å². The minimum Gasteiger partial charge on any atom is -0.321 e. The number of hydrogen-bond donors (Lipinski definition) is 1. The van der Waals surface area contributed by atoms with Crippen LogP contribution in [-0.4, -0.2) is 5.91 Å². The Morgan fingerprint density at radius 2 is 1.80 bits per heavy atom. The number of anilines is 1. The molecular formula is C15H12BrCl2NO. The summed E-state index contributed by atoms with van der Waals surface area (Å²) in [4.78, 5) is 12.2. The molecule has 2 rings (SSSR count). The van der Waals surface area contributed by atoms with Gasteiger partial charge in [-0.1, -0.05) is 29.3 Å². The molecule has 0 aliphatic carbocycles. The lowest BCUT2D eigenvalue weighted by Crippen LogP contribution is -2.13. The molecule has 5 heteroatoms. The van der Waals surface area contributed by atoms with Crippen molar-refractivity contribution >= 4 is 50.7 Å². The largest absolute Gasteiger partial charge is 0.321 e. The second-order valence-corrected chi connectivity index (χ2v) is 6.19. The summed E-state index contributed by atoms with van der Waals surface area (Å²) in [5, 5.41) is 3.82. The van der Waals surface area contributed by atoms with Crippen molar-refractivity contribution in [3.63, 3.8) is 0 Å². The maximum absolute atomic E-state index is 12.2. The van der Waals surface area contributed by atoms with Crippen LogP contribution in [0.2, 0.25) is 10.0 Å². The number of amides is 1. The smallest absolute Gasteiger partial charge is 0.257 e. The zero-order valence-corrected chi connectivity index (χ0v) is 14.0. The standard InChI is InChI=1S/C15H12BrCl2NO/c1-8-3-4-10(13(18)5-8)15(20)19-14-7-12(17)9(2)6-11(14)16/h3-7H,1-2H3,(H,19,20). The normalized spacial score (nSPS) is 10.4. The highest BCUT2D eigenvalue weighted by Crippen LogP contribution is 2.30. The van der Waals surface area contributed by atoms with E-state index in [-0.39, 0.29) is 5.91 Å². The first-order chi connectivity index (χ1) is 9.38. The summed E-state index contributed by atoms with van der Waals surface area (Å²) >= 11 is 15.6. The van der Waals surface area contributed by atoms with Crippen molar-refractivity contribution in [2.75, 3.05) is 5.32 Å². The predicted molar refractivity (Wildman–Crippen MR) is 88.0 cm³/mol. The molecule has 0 aromatic heterocycles. The summed E-state index contributed by atoms with van der Waals surface area (Å²) in [5.41, 5.74) is 2.99. The molecule has 0 heterocycles. The molecule has 0 radical (unpaired) electrons. The van der Waals surface area contributed by atoms with Crippen LogP contribution < -0.4 is 5.32 Å². The molecule has 104 valence electrons. The first-order valence-electron chi connectivity index (χ1n) is 5.91. The number of carbonyl (C=O) groups is 1. The van der Waals surface area contributed by atoms with E-state index in [0.717, 1.165) is 15.6 Å². The highest BCUT2D eigenvalue weighted by Gasteiger charge is 2.13. The summed E-state index contributed by atoms with van der Waals surface area (Å²) in [6.45, 7) is 3.82. The molecule has 0 spiro atoms. The van der Waals surface area contributed by atoms with E-state index in [1.807, 2.05) is 26.0 Å². The van der Waals surface area contributed by atoms with Gasteiger partial charge < -0.3 is 5.32 Å². The first kappa shape index (κ1) is 15.4. The van der Waals surface area contributed by atoms with E-state index in [2.05, 4.69) is 21.2 Å². The van der Waals surface area contributed by atoms with Crippen LogP contribution >= 0.6 is 39.1 Å². The molecule has 0 atom stereocenters. The summed E-state index contributed by atoms with van der Waals surface area (Å²) in [6, 6.07) is 8.87. The maximum atomic E-state index is 12.2. The molecule has 2 aromatic rings. The second-order valence-electron chi connectivity index (χ2n) is 4.52. The molecule has 1 N–H and O–H groups in total. The number of carbonyl (C=O) groups excluding carboxylic acids is 1. The third-order valence-electron chi connectivity index (χ3n) is 2.87. The summed E-state index contributed by atoms with van der Waals surface area (Å²) in [7, 11) is 0. The molecule has 1 amide bonds. The van der Waals surface area contributed by atoms with Crippen LogP contribution in [0.4, 0.5) is 5.69 Å². The average molecular weight is 373 g/mol. The molecule has 20 heavy (non-hydrogen) atoms. The van der Waals surface area contributed by atoms with Crippen LogP contribution in [0.5, 0.6) is 0 Å². The van der Waals surface area contributed by atoms with Crippen molar-refractivity contribution in [2.45, 2.75) is 13.8 Å². The third kappa shape index (κ3) is 3.35. The van der Waals surface area contributed by atoms with Gasteiger partial charge in [-0.25, -0.2) is 0 Å². The summed E-state index contributed by atoms with van der Waals surface area (Å²) in [6.07, 6.45) is 0. The summed E-state index contributed by atoms with van der Waals surface area (Å²) < 4.78 is 0.774. The SMILES string of the molecule is Cc1ccc(C(=O)Nc2cc(Cl)c(C)cc2Br)c(Cl)c1. The number of benzene rings is 2. The van der Waals surface area contributed by atoms with Crippen molar-refractivity contribution in [1.82, 2.24) is 0 Å². The Hall–Kier alpha value is -1.03. The molecule has 0 aliphatic heterocycles. The van der Waals surface area contributed by atoms with Crippen LogP contribution in [0.15, 0.2) is 34.8 Å². The van der Waals surface area contributed by atoms with Gasteiger partial charge >= 0.3 is 0 Å². The Kier molecular flexibility index (Phi) is 4.74. The van der Waals surface area contributed by atoms with Crippen molar-refractivity contribution < 1.29 is 4.79 Å². The minimum atomic E-state index is -0.268. The maximum Gasteiger partial charge on any atom is 0.257 e. The average Bonchev–Trinajstić information content (AvgIpc) is 2.35. The number of halogens is 3. The predicted octanol–water partition coefficient (Wildman–Crippen LogP) is 5.63. The van der Waals surface area contributed by atoms with Crippen LogP contribution in [0.1, 0.15) is 21.5 Å². The van der Waals surface area contributed by atoms with Gasteiger partial charge in [-0.15, -0.1) is 0 Å². The Bertz CT molecular complexity index is 686. The molecule has 0 aliphatic rings. The van der Waals surface area contributed by atoms with Gasteiger partial charge in [-0.3, -0.25) is 4.79 Å². The van der Waals surface area contributed by atoms with Gasteiger partial charge in [-0.2, -0.15) is 0 Å². The van der Waals surface area contributed by atoms with Crippen LogP contribution in [0.3, 0.4) is 0 Å². The van der Waals surface area contributed by atoms with E-state index < -0.39 is 0 Å². The molecule has 0 bridgehead atoms. The van der Waals surface area contributed by atoms with Crippen molar-refractivity contribution in [3.05, 3.63) is 61.5 Å². The van der Waals surface area contributed by atoms with E-state index in [9.17, 15) is 4.79 Å². The fraction of sp³-hybridized carbons (Fsp3) is 0.133. The highest BCUT2D eigenvalue weighted by atomic mass is 79.9. The first-order valence-corrected chi connectivity index (χ1v) is 7.46. The lowest BCUT2D eigenvalue weighted by Gasteiger charge is -2.10. The van der Waals surface area contributed by atoms with Crippen LogP contribution in [-0.2, 0) is 0 Å². The van der Waals surface area contributed by atoms with E-state index in [0.29, 0.717) is 21.3 Å². The van der Waals surface area contributed by atoms with Gasteiger partial charge in [0, 0.05) is 9.50 Å². The summed E-state index contributed by atoms with van der Waals surface area (Å²) in [5.74, 6) is -0.268. The minimum absolute atomic E-state index is 0.268. The Balaban J connectivity index is 2.30. The van der Waals surface area contributed by atoms with E-state index >= 15 is 0 Å². The molecular weight excluding hydrogens is 361 g/mol. The second kappa shape index (κ2) is 6.17. The van der Waals surface area contributed by atoms with Crippen molar-refractivity contribution in [3.8, 4) is 0 Å². The molecule has 2 aromatic carbocycles. The van der Waals surface area contributed by atoms with Gasteiger partial charge in [0.05, 0.1) is 16.3 Å². The van der Waals surface area contributed by atoms with Crippen LogP contribution in [0, 0.1) is 13.8 Å². The molecule has 0 fully saturated rings. The fourth-order valence-corrected chi connectivity index (χ4v) is 2.78. The zero-order chi connectivity index (χ0) is 14.9. The number of nitrogens with one attached hydrogen (secondary N) is 1. The van der Waals surface area contributed by atoms with Crippen molar-refractivity contribution in [2.24, 2.45) is 0 Å². The quantitative estimate of drug-likeness (QED) is 0.727. The third-order valence-corrected chi connectivity index (χ3v) is 4.24. The van der Waals surface area contributed by atoms with Gasteiger partial charge in [0.2, 0.25) is 0 Å². The molecule has 0 saturated heterocycles. The number of aryl methyl sites for hydroxylation is 2. The number of hydrogen-bond acceptors (Lipinski definition) is 1. The topological polar surface area (TPSA) is 29.1 Å². The lowest BCUT2D eigenvalue weighted by molar-refractivity contribution is 0.102. The zero-order valence-electron chi connectivity index (χ0n) is 10.9. The fourth-order valence-electron chi connectivity index (χ4n) is 1.74. The number of rotatable bonds is 2. The van der Waals surface area contributed by atoms with Crippen LogP contribution in [0.25, 0.3) is 0 Å². The van der Waals surface area contributed by atoms with Gasteiger partial charge in [-0.05, 0) is 65.2 Å². The monoisotopic (exact) mass is 371 g/mol.